The molecule has 1 unspecified atom stereocenters. The van der Waals surface area contributed by atoms with Crippen molar-refractivity contribution in [2.24, 2.45) is 0 Å². The Labute approximate surface area is 84.5 Å². The summed E-state index contributed by atoms with van der Waals surface area (Å²) >= 11 is 0. The van der Waals surface area contributed by atoms with Gasteiger partial charge in [-0.2, -0.15) is 21.6 Å². The summed E-state index contributed by atoms with van der Waals surface area (Å²) in [7, 11) is -5.57. The molecule has 0 saturated heterocycles. The van der Waals surface area contributed by atoms with E-state index < -0.39 is 21.7 Å². The monoisotopic (exact) mass is 246 g/mol. The van der Waals surface area contributed by atoms with Crippen LogP contribution >= 0.6 is 0 Å². The molecule has 0 amide bonds. The third-order valence-electron chi connectivity index (χ3n) is 1.98. The summed E-state index contributed by atoms with van der Waals surface area (Å²) in [5.41, 5.74) is -5.42. The van der Waals surface area contributed by atoms with E-state index in [0.29, 0.717) is 6.42 Å². The summed E-state index contributed by atoms with van der Waals surface area (Å²) in [6.45, 7) is 0. The number of carbonyl (C=O) groups excluding carboxylic acids is 1. The normalized spacial score (nSPS) is 24.2. The second-order valence-electron chi connectivity index (χ2n) is 3.25. The summed E-state index contributed by atoms with van der Waals surface area (Å²) < 4.78 is 60.7. The largest absolute Gasteiger partial charge is 0.523 e. The van der Waals surface area contributed by atoms with Crippen molar-refractivity contribution in [1.82, 2.24) is 0 Å². The lowest BCUT2D eigenvalue weighted by Crippen LogP contribution is -2.32. The average molecular weight is 246 g/mol. The van der Waals surface area contributed by atoms with Crippen molar-refractivity contribution in [1.29, 1.82) is 0 Å². The average Bonchev–Trinajstić information content (AvgIpc) is 2.00. The Hall–Kier alpha value is -0.630. The molecule has 8 heteroatoms. The fourth-order valence-electron chi connectivity index (χ4n) is 1.30. The van der Waals surface area contributed by atoms with Crippen LogP contribution in [0.5, 0.6) is 0 Å². The summed E-state index contributed by atoms with van der Waals surface area (Å²) in [4.78, 5) is 10.9. The van der Waals surface area contributed by atoms with Crippen LogP contribution in [0.25, 0.3) is 0 Å². The molecule has 1 fully saturated rings. The Morgan fingerprint density at radius 1 is 1.33 bits per heavy atom. The molecule has 0 aromatic rings. The van der Waals surface area contributed by atoms with Crippen molar-refractivity contribution in [2.75, 3.05) is 0 Å². The molecule has 0 N–H and O–H groups in total. The molecular weight excluding hydrogens is 237 g/mol. The van der Waals surface area contributed by atoms with E-state index in [1.807, 2.05) is 0 Å². The maximum Gasteiger partial charge on any atom is 0.523 e. The molecule has 0 aromatic heterocycles. The van der Waals surface area contributed by atoms with Gasteiger partial charge in [0.15, 0.2) is 0 Å². The van der Waals surface area contributed by atoms with E-state index >= 15 is 0 Å². The van der Waals surface area contributed by atoms with Crippen molar-refractivity contribution in [2.45, 2.75) is 37.3 Å². The minimum Gasteiger partial charge on any atom is -0.300 e. The molecular formula is C7H9F3O4S. The number of ketones is 1. The summed E-state index contributed by atoms with van der Waals surface area (Å²) in [5, 5.41) is 0. The fourth-order valence-corrected chi connectivity index (χ4v) is 1.93. The van der Waals surface area contributed by atoms with Crippen LogP contribution < -0.4 is 0 Å². The lowest BCUT2D eigenvalue weighted by molar-refractivity contribution is -0.122. The second-order valence-corrected chi connectivity index (χ2v) is 4.82. The van der Waals surface area contributed by atoms with Gasteiger partial charge in [-0.05, 0) is 12.8 Å². The van der Waals surface area contributed by atoms with Gasteiger partial charge in [0.05, 0.1) is 6.10 Å². The van der Waals surface area contributed by atoms with Crippen molar-refractivity contribution >= 4 is 15.9 Å². The smallest absolute Gasteiger partial charge is 0.300 e. The van der Waals surface area contributed by atoms with Crippen LogP contribution in [0.15, 0.2) is 0 Å². The highest BCUT2D eigenvalue weighted by atomic mass is 32.2. The van der Waals surface area contributed by atoms with Gasteiger partial charge in [-0.25, -0.2) is 0 Å². The van der Waals surface area contributed by atoms with Gasteiger partial charge in [-0.15, -0.1) is 0 Å². The van der Waals surface area contributed by atoms with Crippen LogP contribution in [-0.2, 0) is 19.1 Å². The molecule has 88 valence electrons. The maximum absolute atomic E-state index is 11.9. The van der Waals surface area contributed by atoms with E-state index in [1.165, 1.54) is 0 Å². The number of halogens is 3. The van der Waals surface area contributed by atoms with E-state index in [9.17, 15) is 26.4 Å². The Morgan fingerprint density at radius 2 is 1.93 bits per heavy atom. The lowest BCUT2D eigenvalue weighted by atomic mass is 9.97. The van der Waals surface area contributed by atoms with E-state index in [-0.39, 0.29) is 25.0 Å². The van der Waals surface area contributed by atoms with Crippen LogP contribution in [0.4, 0.5) is 13.2 Å². The summed E-state index contributed by atoms with van der Waals surface area (Å²) in [6.07, 6.45) is -0.656. The van der Waals surface area contributed by atoms with Gasteiger partial charge in [0.25, 0.3) is 0 Å². The molecule has 0 aromatic carbocycles. The zero-order chi connectivity index (χ0) is 11.7. The molecule has 0 bridgehead atoms. The first kappa shape index (κ1) is 12.4. The first-order chi connectivity index (χ1) is 6.72. The zero-order valence-electron chi connectivity index (χ0n) is 7.58. The van der Waals surface area contributed by atoms with Crippen molar-refractivity contribution in [3.05, 3.63) is 0 Å². The predicted molar refractivity (Wildman–Crippen MR) is 43.3 cm³/mol. The maximum atomic E-state index is 11.9. The van der Waals surface area contributed by atoms with Gasteiger partial charge in [0.2, 0.25) is 0 Å². The van der Waals surface area contributed by atoms with E-state index in [4.69, 9.17) is 0 Å². The number of hydrogen-bond acceptors (Lipinski definition) is 4. The van der Waals surface area contributed by atoms with E-state index in [0.717, 1.165) is 0 Å². The standard InChI is InChI=1S/C7H9F3O4S/c8-7(9,10)15(12,13)14-6-3-1-2-5(11)4-6/h6H,1-4H2. The molecule has 1 aliphatic carbocycles. The van der Waals surface area contributed by atoms with Gasteiger partial charge in [0.1, 0.15) is 5.78 Å². The van der Waals surface area contributed by atoms with Crippen LogP contribution in [-0.4, -0.2) is 25.8 Å². The van der Waals surface area contributed by atoms with Crippen LogP contribution in [0.1, 0.15) is 25.7 Å². The topological polar surface area (TPSA) is 60.4 Å². The van der Waals surface area contributed by atoms with Crippen molar-refractivity contribution < 1.29 is 30.6 Å². The quantitative estimate of drug-likeness (QED) is 0.545. The van der Waals surface area contributed by atoms with Gasteiger partial charge in [0, 0.05) is 12.8 Å². The van der Waals surface area contributed by atoms with Gasteiger partial charge in [-0.3, -0.25) is 8.98 Å². The molecule has 4 nitrogen and oxygen atoms in total. The zero-order valence-corrected chi connectivity index (χ0v) is 8.40. The third kappa shape index (κ3) is 3.16. The minimum atomic E-state index is -5.57. The third-order valence-corrected chi connectivity index (χ3v) is 3.08. The second kappa shape index (κ2) is 4.09. The van der Waals surface area contributed by atoms with Gasteiger partial charge < -0.3 is 0 Å². The van der Waals surface area contributed by atoms with Crippen LogP contribution in [0.2, 0.25) is 0 Å². The lowest BCUT2D eigenvalue weighted by Gasteiger charge is -2.21. The number of alkyl halides is 3. The number of rotatable bonds is 2. The Morgan fingerprint density at radius 3 is 2.40 bits per heavy atom. The minimum absolute atomic E-state index is 0.154. The number of Topliss-reactive ketones (excluding diaryl/α,β-unsaturated/α-hetero) is 1. The predicted octanol–water partition coefficient (Wildman–Crippen LogP) is 1.36. The Bertz CT molecular complexity index is 346. The molecule has 0 spiro atoms. The summed E-state index contributed by atoms with van der Waals surface area (Å²) in [5.74, 6) is -0.274. The number of carbonyl (C=O) groups is 1. The highest BCUT2D eigenvalue weighted by Crippen LogP contribution is 2.28. The highest BCUT2D eigenvalue weighted by molar-refractivity contribution is 7.87. The first-order valence-electron chi connectivity index (χ1n) is 4.23. The first-order valence-corrected chi connectivity index (χ1v) is 5.64. The van der Waals surface area contributed by atoms with Crippen LogP contribution in [0, 0.1) is 0 Å². The van der Waals surface area contributed by atoms with Crippen LogP contribution in [0.3, 0.4) is 0 Å². The Kier molecular flexibility index (Phi) is 3.39. The number of hydrogen-bond donors (Lipinski definition) is 0. The molecule has 0 heterocycles. The molecule has 0 radical (unpaired) electrons. The van der Waals surface area contributed by atoms with Crippen molar-refractivity contribution in [3.63, 3.8) is 0 Å². The molecule has 1 aliphatic rings. The Balaban J connectivity index is 2.66. The molecule has 1 rings (SSSR count). The summed E-state index contributed by atoms with van der Waals surface area (Å²) in [6, 6.07) is 0. The van der Waals surface area contributed by atoms with Gasteiger partial charge >= 0.3 is 15.6 Å². The van der Waals surface area contributed by atoms with E-state index in [1.54, 1.807) is 0 Å². The molecule has 1 saturated carbocycles. The SMILES string of the molecule is O=C1CCCC(OS(=O)(=O)C(F)(F)F)C1. The van der Waals surface area contributed by atoms with Gasteiger partial charge in [-0.1, -0.05) is 0 Å². The van der Waals surface area contributed by atoms with Crippen molar-refractivity contribution in [3.8, 4) is 0 Å². The molecule has 15 heavy (non-hydrogen) atoms. The highest BCUT2D eigenvalue weighted by Gasteiger charge is 2.48. The molecule has 1 atom stereocenters. The van der Waals surface area contributed by atoms with E-state index in [2.05, 4.69) is 4.18 Å². The fraction of sp³-hybridized carbons (Fsp3) is 0.857. The molecule has 0 aliphatic heterocycles.